The number of rotatable bonds is 10. The predicted octanol–water partition coefficient (Wildman–Crippen LogP) is 21.0. The van der Waals surface area contributed by atoms with Gasteiger partial charge in [0.25, 0.3) is 0 Å². The van der Waals surface area contributed by atoms with E-state index < -0.39 is 0 Å². The molecule has 0 atom stereocenters. The molecule has 0 fully saturated rings. The van der Waals surface area contributed by atoms with Crippen LogP contribution < -0.4 is 9.80 Å². The van der Waals surface area contributed by atoms with Crippen LogP contribution in [0.15, 0.2) is 215 Å². The first kappa shape index (κ1) is 45.5. The zero-order valence-electron chi connectivity index (χ0n) is 43.8. The number of para-hydroxylation sites is 6. The number of anilines is 6. The fraction of sp³-hybridized carbons (Fsp3) is 0.111. The molecule has 366 valence electrons. The molecule has 14 aromatic rings. The lowest BCUT2D eigenvalue weighted by molar-refractivity contribution is 0.669. The van der Waals surface area contributed by atoms with Crippen molar-refractivity contribution >= 4 is 110 Å². The molecule has 4 nitrogen and oxygen atoms in total. The fourth-order valence-corrected chi connectivity index (χ4v) is 12.8. The summed E-state index contributed by atoms with van der Waals surface area (Å²) in [6, 6.07) is 75.5. The van der Waals surface area contributed by atoms with Crippen molar-refractivity contribution in [2.24, 2.45) is 0 Å². The van der Waals surface area contributed by atoms with Crippen LogP contribution in [-0.4, -0.2) is 0 Å². The van der Waals surface area contributed by atoms with Crippen molar-refractivity contribution in [2.45, 2.75) is 54.4 Å². The van der Waals surface area contributed by atoms with Crippen molar-refractivity contribution in [2.75, 3.05) is 9.80 Å². The van der Waals surface area contributed by atoms with Crippen LogP contribution in [0.25, 0.3) is 98.4 Å². The Labute approximate surface area is 443 Å². The number of aryl methyl sites for hydroxylation is 4. The minimum Gasteiger partial charge on any atom is -0.455 e. The van der Waals surface area contributed by atoms with Crippen LogP contribution in [0.3, 0.4) is 0 Å². The Balaban J connectivity index is 1.03. The van der Waals surface area contributed by atoms with Gasteiger partial charge in [0.2, 0.25) is 0 Å². The summed E-state index contributed by atoms with van der Waals surface area (Å²) >= 11 is 0. The quantitative estimate of drug-likeness (QED) is 0.128. The third kappa shape index (κ3) is 6.83. The smallest absolute Gasteiger partial charge is 0.143 e. The van der Waals surface area contributed by atoms with Crippen molar-refractivity contribution < 1.29 is 8.83 Å². The average molecular weight is 981 g/mol. The van der Waals surface area contributed by atoms with Gasteiger partial charge in [-0.2, -0.15) is 0 Å². The van der Waals surface area contributed by atoms with E-state index in [1.807, 2.05) is 12.1 Å². The van der Waals surface area contributed by atoms with E-state index in [1.165, 1.54) is 77.1 Å². The molecule has 0 saturated heterocycles. The zero-order chi connectivity index (χ0) is 51.3. The first-order valence-corrected chi connectivity index (χ1v) is 26.8. The fourth-order valence-electron chi connectivity index (χ4n) is 12.8. The maximum Gasteiger partial charge on any atom is 0.143 e. The summed E-state index contributed by atoms with van der Waals surface area (Å²) in [5.74, 6) is 0. The molecule has 2 heterocycles. The predicted molar refractivity (Wildman–Crippen MR) is 323 cm³/mol. The molecule has 14 rings (SSSR count). The van der Waals surface area contributed by atoms with E-state index >= 15 is 0 Å². The molecule has 12 aromatic carbocycles. The minimum absolute atomic E-state index is 0.878. The van der Waals surface area contributed by atoms with Gasteiger partial charge in [0.15, 0.2) is 0 Å². The Morgan fingerprint density at radius 3 is 1.13 bits per heavy atom. The molecule has 0 aliphatic carbocycles. The lowest BCUT2D eigenvalue weighted by Crippen LogP contribution is -2.15. The number of nitrogens with zero attached hydrogens (tertiary/aromatic N) is 2. The van der Waals surface area contributed by atoms with Crippen LogP contribution in [0.2, 0.25) is 0 Å². The highest BCUT2D eigenvalue weighted by Gasteiger charge is 2.28. The zero-order valence-corrected chi connectivity index (χ0v) is 43.8. The van der Waals surface area contributed by atoms with Gasteiger partial charge in [0, 0.05) is 54.8 Å². The molecule has 0 bridgehead atoms. The third-order valence-corrected chi connectivity index (χ3v) is 16.4. The summed E-state index contributed by atoms with van der Waals surface area (Å²) in [6.45, 7) is 13.7. The summed E-state index contributed by atoms with van der Waals surface area (Å²) in [5.41, 5.74) is 22.4. The van der Waals surface area contributed by atoms with E-state index in [0.717, 1.165) is 102 Å². The van der Waals surface area contributed by atoms with Gasteiger partial charge in [-0.15, -0.1) is 0 Å². The molecule has 2 aromatic heterocycles. The highest BCUT2D eigenvalue weighted by molar-refractivity contribution is 6.29. The van der Waals surface area contributed by atoms with Crippen molar-refractivity contribution in [1.82, 2.24) is 0 Å². The second kappa shape index (κ2) is 17.8. The van der Waals surface area contributed by atoms with Crippen molar-refractivity contribution in [3.8, 4) is 22.3 Å². The molecule has 0 unspecified atom stereocenters. The summed E-state index contributed by atoms with van der Waals surface area (Å²) in [6.07, 6.45) is 1.76. The maximum atomic E-state index is 6.69. The lowest BCUT2D eigenvalue weighted by atomic mass is 9.86. The Morgan fingerprint density at radius 1 is 0.329 bits per heavy atom. The highest BCUT2D eigenvalue weighted by atomic mass is 16.3. The van der Waals surface area contributed by atoms with Crippen LogP contribution in [0.1, 0.15) is 47.2 Å². The SMILES string of the molecule is CCc1cc(N(c2ccccc2)c2c(C)ccc(-c3cccc4c3oc3ccccc34)c2C)c2ccc3c(CC)cc(N(c4ccccc4)c4c(C)ccc(-c5cccc6c5oc5ccccc56)c4C)c4ccc1c2c34. The van der Waals surface area contributed by atoms with E-state index in [-0.39, 0.29) is 0 Å². The van der Waals surface area contributed by atoms with Crippen LogP contribution in [0, 0.1) is 27.7 Å². The van der Waals surface area contributed by atoms with Gasteiger partial charge >= 0.3 is 0 Å². The Kier molecular flexibility index (Phi) is 10.6. The van der Waals surface area contributed by atoms with Crippen molar-refractivity contribution in [1.29, 1.82) is 0 Å². The van der Waals surface area contributed by atoms with Gasteiger partial charge < -0.3 is 18.6 Å². The van der Waals surface area contributed by atoms with Crippen LogP contribution in [0.5, 0.6) is 0 Å². The van der Waals surface area contributed by atoms with E-state index in [0.29, 0.717) is 0 Å². The van der Waals surface area contributed by atoms with Crippen molar-refractivity contribution in [3.05, 3.63) is 240 Å². The first-order valence-electron chi connectivity index (χ1n) is 26.8. The number of hydrogen-bond acceptors (Lipinski definition) is 4. The maximum absolute atomic E-state index is 6.69. The van der Waals surface area contributed by atoms with E-state index in [1.54, 1.807) is 0 Å². The van der Waals surface area contributed by atoms with Crippen LogP contribution >= 0.6 is 0 Å². The Morgan fingerprint density at radius 2 is 0.711 bits per heavy atom. The second-order valence-electron chi connectivity index (χ2n) is 20.6. The molecule has 4 heteroatoms. The van der Waals surface area contributed by atoms with E-state index in [9.17, 15) is 0 Å². The van der Waals surface area contributed by atoms with Gasteiger partial charge in [-0.3, -0.25) is 0 Å². The lowest BCUT2D eigenvalue weighted by Gasteiger charge is -2.33. The Hall–Kier alpha value is -9.12. The molecule has 0 radical (unpaired) electrons. The number of furan rings is 2. The van der Waals surface area contributed by atoms with E-state index in [4.69, 9.17) is 8.83 Å². The molecule has 0 aliphatic rings. The van der Waals surface area contributed by atoms with Crippen LogP contribution in [0.4, 0.5) is 34.1 Å². The topological polar surface area (TPSA) is 32.8 Å². The summed E-state index contributed by atoms with van der Waals surface area (Å²) in [7, 11) is 0. The summed E-state index contributed by atoms with van der Waals surface area (Å²) in [5, 5.41) is 12.1. The first-order chi connectivity index (χ1) is 37.3. The molecule has 0 amide bonds. The van der Waals surface area contributed by atoms with Gasteiger partial charge in [-0.25, -0.2) is 0 Å². The number of fused-ring (bicyclic) bond motifs is 6. The van der Waals surface area contributed by atoms with Gasteiger partial charge in [0.1, 0.15) is 22.3 Å². The molecular weight excluding hydrogens is 925 g/mol. The Bertz CT molecular complexity index is 4310. The molecule has 0 aliphatic heterocycles. The summed E-state index contributed by atoms with van der Waals surface area (Å²) in [4.78, 5) is 5.08. The van der Waals surface area contributed by atoms with Gasteiger partial charge in [-0.05, 0) is 155 Å². The molecule has 0 saturated carbocycles. The molecule has 0 spiro atoms. The standard InChI is InChI=1S/C72H56N2O2/c1-7-47-41-63(73(49-21-11-9-12-22-49)69-43(3)33-35-51(45(69)5)57-27-19-29-59-55-25-15-17-31-65(55)75-71(57)59)61-40-38-54-48(8-2)42-64(62-39-37-53(47)67(61)68(54)62)74(50-23-13-10-14-24-50)70-44(4)34-36-52(46(70)6)58-28-20-30-60-56-26-16-18-32-66(56)76-72(58)60/h9-42H,7-8H2,1-6H3. The number of benzene rings is 12. The van der Waals surface area contributed by atoms with Gasteiger partial charge in [-0.1, -0.05) is 172 Å². The highest BCUT2D eigenvalue weighted by Crippen LogP contribution is 2.53. The third-order valence-electron chi connectivity index (χ3n) is 16.4. The molecule has 0 N–H and O–H groups in total. The van der Waals surface area contributed by atoms with Crippen LogP contribution in [-0.2, 0) is 12.8 Å². The van der Waals surface area contributed by atoms with Gasteiger partial charge in [0.05, 0.1) is 22.7 Å². The normalized spacial score (nSPS) is 11.9. The van der Waals surface area contributed by atoms with E-state index in [2.05, 4.69) is 245 Å². The monoisotopic (exact) mass is 980 g/mol. The molecule has 76 heavy (non-hydrogen) atoms. The summed E-state index contributed by atoms with van der Waals surface area (Å²) < 4.78 is 13.4. The largest absolute Gasteiger partial charge is 0.455 e. The molecular formula is C72H56N2O2. The minimum atomic E-state index is 0.878. The number of hydrogen-bond donors (Lipinski definition) is 0. The average Bonchev–Trinajstić information content (AvgIpc) is 4.16. The second-order valence-corrected chi connectivity index (χ2v) is 20.6. The van der Waals surface area contributed by atoms with Crippen molar-refractivity contribution in [3.63, 3.8) is 0 Å².